The molecule has 2 heterocycles. The Labute approximate surface area is 156 Å². The molecule has 1 atom stereocenters. The summed E-state index contributed by atoms with van der Waals surface area (Å²) in [6.45, 7) is 1.41. The normalized spacial score (nSPS) is 18.9. The van der Waals surface area contributed by atoms with Crippen LogP contribution in [-0.2, 0) is 21.7 Å². The Hall–Kier alpha value is -3.60. The molecular formula is C19H18N4O4. The first kappa shape index (κ1) is 18.2. The average Bonchev–Trinajstić information content (AvgIpc) is 3.24. The highest BCUT2D eigenvalue weighted by molar-refractivity contribution is 6.09. The zero-order valence-corrected chi connectivity index (χ0v) is 14.9. The highest BCUT2D eigenvalue weighted by Crippen LogP contribution is 2.29. The molecule has 1 N–H and O–H groups in total. The summed E-state index contributed by atoms with van der Waals surface area (Å²) in [7, 11) is 1.57. The van der Waals surface area contributed by atoms with Gasteiger partial charge in [0, 0.05) is 7.05 Å². The summed E-state index contributed by atoms with van der Waals surface area (Å²) < 4.78 is 5.20. The maximum absolute atomic E-state index is 12.9. The van der Waals surface area contributed by atoms with Crippen molar-refractivity contribution in [2.75, 3.05) is 13.6 Å². The molecule has 1 aliphatic heterocycles. The minimum Gasteiger partial charge on any atom is -0.467 e. The lowest BCUT2D eigenvalue weighted by Crippen LogP contribution is -2.43. The fraction of sp³-hybridized carbons (Fsp3) is 0.263. The Morgan fingerprint density at radius 3 is 2.78 bits per heavy atom. The smallest absolute Gasteiger partial charge is 0.325 e. The SMILES string of the molecule is CN(Cc1ccco1)C(=O)CN1C(=O)N[C@@](C)(c2cccc(C#N)c2)C1=O. The molecule has 1 aliphatic rings. The summed E-state index contributed by atoms with van der Waals surface area (Å²) in [4.78, 5) is 39.9. The zero-order valence-electron chi connectivity index (χ0n) is 14.9. The van der Waals surface area contributed by atoms with Crippen LogP contribution in [0.2, 0.25) is 0 Å². The van der Waals surface area contributed by atoms with Crippen LogP contribution in [0.15, 0.2) is 47.1 Å². The number of nitrogens with one attached hydrogen (secondary N) is 1. The van der Waals surface area contributed by atoms with Crippen LogP contribution in [0, 0.1) is 11.3 Å². The van der Waals surface area contributed by atoms with E-state index in [1.807, 2.05) is 6.07 Å². The monoisotopic (exact) mass is 366 g/mol. The van der Waals surface area contributed by atoms with Gasteiger partial charge in [0.25, 0.3) is 5.91 Å². The van der Waals surface area contributed by atoms with Crippen LogP contribution < -0.4 is 5.32 Å². The topological polar surface area (TPSA) is 107 Å². The lowest BCUT2D eigenvalue weighted by molar-refractivity contribution is -0.138. The zero-order chi connectivity index (χ0) is 19.6. The molecule has 0 radical (unpaired) electrons. The molecule has 1 fully saturated rings. The van der Waals surface area contributed by atoms with Crippen molar-refractivity contribution >= 4 is 17.8 Å². The van der Waals surface area contributed by atoms with E-state index in [1.165, 1.54) is 11.2 Å². The molecule has 4 amide bonds. The summed E-state index contributed by atoms with van der Waals surface area (Å²) in [5, 5.41) is 11.7. The molecule has 138 valence electrons. The standard InChI is InChI=1S/C19H18N4O4/c1-19(14-6-3-5-13(9-14)10-20)17(25)23(18(26)21-19)12-16(24)22(2)11-15-7-4-8-27-15/h3-9H,11-12H2,1-2H3,(H,21,26)/t19-/m0/s1. The van der Waals surface area contributed by atoms with E-state index in [9.17, 15) is 14.4 Å². The van der Waals surface area contributed by atoms with E-state index in [2.05, 4.69) is 5.32 Å². The van der Waals surface area contributed by atoms with Crippen molar-refractivity contribution in [3.63, 3.8) is 0 Å². The van der Waals surface area contributed by atoms with Gasteiger partial charge in [-0.1, -0.05) is 12.1 Å². The first-order valence-corrected chi connectivity index (χ1v) is 8.26. The number of nitriles is 1. The van der Waals surface area contributed by atoms with Crippen LogP contribution in [0.1, 0.15) is 23.8 Å². The van der Waals surface area contributed by atoms with Gasteiger partial charge in [-0.05, 0) is 36.8 Å². The van der Waals surface area contributed by atoms with Gasteiger partial charge in [0.2, 0.25) is 5.91 Å². The molecule has 3 rings (SSSR count). The Morgan fingerprint density at radius 1 is 1.33 bits per heavy atom. The Morgan fingerprint density at radius 2 is 2.11 bits per heavy atom. The van der Waals surface area contributed by atoms with Crippen molar-refractivity contribution in [1.82, 2.24) is 15.1 Å². The minimum atomic E-state index is -1.33. The number of rotatable bonds is 5. The number of carbonyl (C=O) groups excluding carboxylic acids is 3. The number of likely N-dealkylation sites (N-methyl/N-ethyl adjacent to an activating group) is 1. The molecule has 0 unspecified atom stereocenters. The Balaban J connectivity index is 1.75. The number of carbonyl (C=O) groups is 3. The maximum Gasteiger partial charge on any atom is 0.325 e. The molecule has 27 heavy (non-hydrogen) atoms. The van der Waals surface area contributed by atoms with Crippen LogP contribution in [0.5, 0.6) is 0 Å². The second-order valence-electron chi connectivity index (χ2n) is 6.47. The van der Waals surface area contributed by atoms with E-state index in [0.29, 0.717) is 16.9 Å². The summed E-state index contributed by atoms with van der Waals surface area (Å²) in [5.41, 5.74) is -0.466. The van der Waals surface area contributed by atoms with Gasteiger partial charge in [0.15, 0.2) is 0 Å². The average molecular weight is 366 g/mol. The van der Waals surface area contributed by atoms with Crippen LogP contribution in [0.3, 0.4) is 0 Å². The number of imide groups is 1. The van der Waals surface area contributed by atoms with Crippen molar-refractivity contribution in [2.45, 2.75) is 19.0 Å². The van der Waals surface area contributed by atoms with E-state index in [1.54, 1.807) is 50.4 Å². The molecule has 1 aromatic carbocycles. The third kappa shape index (κ3) is 3.40. The van der Waals surface area contributed by atoms with Crippen LogP contribution in [0.25, 0.3) is 0 Å². The fourth-order valence-electron chi connectivity index (χ4n) is 2.92. The number of benzene rings is 1. The van der Waals surface area contributed by atoms with Crippen molar-refractivity contribution in [2.24, 2.45) is 0 Å². The van der Waals surface area contributed by atoms with Gasteiger partial charge in [-0.25, -0.2) is 4.79 Å². The summed E-state index contributed by atoms with van der Waals surface area (Å²) in [6.07, 6.45) is 1.51. The second kappa shape index (κ2) is 6.96. The second-order valence-corrected chi connectivity index (χ2v) is 6.47. The van der Waals surface area contributed by atoms with Gasteiger partial charge < -0.3 is 14.6 Å². The van der Waals surface area contributed by atoms with Crippen molar-refractivity contribution in [1.29, 1.82) is 5.26 Å². The largest absolute Gasteiger partial charge is 0.467 e. The van der Waals surface area contributed by atoms with Crippen molar-refractivity contribution in [3.8, 4) is 6.07 Å². The lowest BCUT2D eigenvalue weighted by atomic mass is 9.91. The number of amides is 4. The Kier molecular flexibility index (Phi) is 4.69. The van der Waals surface area contributed by atoms with Gasteiger partial charge in [-0.15, -0.1) is 0 Å². The number of hydrogen-bond acceptors (Lipinski definition) is 5. The molecule has 8 heteroatoms. The number of urea groups is 1. The summed E-state index contributed by atoms with van der Waals surface area (Å²) in [5.74, 6) is -0.339. The highest BCUT2D eigenvalue weighted by atomic mass is 16.3. The van der Waals surface area contributed by atoms with Gasteiger partial charge in [-0.3, -0.25) is 14.5 Å². The van der Waals surface area contributed by atoms with Crippen molar-refractivity contribution < 1.29 is 18.8 Å². The van der Waals surface area contributed by atoms with Gasteiger partial charge in [-0.2, -0.15) is 5.26 Å². The molecule has 0 bridgehead atoms. The quantitative estimate of drug-likeness (QED) is 0.809. The van der Waals surface area contributed by atoms with Crippen LogP contribution in [0.4, 0.5) is 4.79 Å². The number of nitrogens with zero attached hydrogens (tertiary/aromatic N) is 3. The molecular weight excluding hydrogens is 348 g/mol. The molecule has 0 spiro atoms. The highest BCUT2D eigenvalue weighted by Gasteiger charge is 2.49. The van der Waals surface area contributed by atoms with Gasteiger partial charge in [0.1, 0.15) is 17.8 Å². The first-order valence-electron chi connectivity index (χ1n) is 8.26. The lowest BCUT2D eigenvalue weighted by Gasteiger charge is -2.23. The molecule has 0 aliphatic carbocycles. The molecule has 1 saturated heterocycles. The third-order valence-corrected chi connectivity index (χ3v) is 4.54. The van der Waals surface area contributed by atoms with Crippen LogP contribution >= 0.6 is 0 Å². The predicted molar refractivity (Wildman–Crippen MR) is 93.9 cm³/mol. The van der Waals surface area contributed by atoms with Gasteiger partial charge >= 0.3 is 6.03 Å². The van der Waals surface area contributed by atoms with Crippen molar-refractivity contribution in [3.05, 3.63) is 59.5 Å². The summed E-state index contributed by atoms with van der Waals surface area (Å²) in [6, 6.07) is 11.3. The molecule has 2 aromatic rings. The van der Waals surface area contributed by atoms with E-state index < -0.39 is 23.4 Å². The van der Waals surface area contributed by atoms with E-state index in [-0.39, 0.29) is 13.1 Å². The number of hydrogen-bond donors (Lipinski definition) is 1. The molecule has 0 saturated carbocycles. The van der Waals surface area contributed by atoms with Gasteiger partial charge in [0.05, 0.1) is 24.4 Å². The molecule has 1 aromatic heterocycles. The van der Waals surface area contributed by atoms with Crippen LogP contribution in [-0.4, -0.2) is 41.2 Å². The maximum atomic E-state index is 12.9. The predicted octanol–water partition coefficient (Wildman–Crippen LogP) is 1.58. The fourth-order valence-corrected chi connectivity index (χ4v) is 2.92. The first-order chi connectivity index (χ1) is 12.8. The molecule has 8 nitrogen and oxygen atoms in total. The van der Waals surface area contributed by atoms with E-state index in [4.69, 9.17) is 9.68 Å². The summed E-state index contributed by atoms with van der Waals surface area (Å²) >= 11 is 0. The minimum absolute atomic E-state index is 0.233. The van der Waals surface area contributed by atoms with E-state index in [0.717, 1.165) is 4.90 Å². The third-order valence-electron chi connectivity index (χ3n) is 4.54. The Bertz CT molecular complexity index is 931. The van der Waals surface area contributed by atoms with E-state index >= 15 is 0 Å². The number of furan rings is 1.